The van der Waals surface area contributed by atoms with Crippen LogP contribution in [0.3, 0.4) is 0 Å². The van der Waals surface area contributed by atoms with Gasteiger partial charge in [-0.3, -0.25) is 0 Å². The molecule has 0 saturated carbocycles. The van der Waals surface area contributed by atoms with Crippen LogP contribution in [0.5, 0.6) is 0 Å². The molecular weight excluding hydrogens is 253 g/mol. The van der Waals surface area contributed by atoms with Gasteiger partial charge in [0, 0.05) is 5.57 Å². The lowest BCUT2D eigenvalue weighted by atomic mass is 10.2. The van der Waals surface area contributed by atoms with E-state index in [-0.39, 0.29) is 5.57 Å². The standard InChI is InChI=1S/C11H13F3O4/c1-6(2)9(15)18-8(5-11(12,13)14)7(3)10(16)17-4/h1,5H2,2-4H3. The normalized spacial score (nSPS) is 12.6. The summed E-state index contributed by atoms with van der Waals surface area (Å²) < 4.78 is 45.6. The van der Waals surface area contributed by atoms with Crippen molar-refractivity contribution in [3.63, 3.8) is 0 Å². The average molecular weight is 266 g/mol. The summed E-state index contributed by atoms with van der Waals surface area (Å²) in [5, 5.41) is 0. The molecule has 0 rings (SSSR count). The van der Waals surface area contributed by atoms with Crippen molar-refractivity contribution in [2.45, 2.75) is 26.4 Å². The summed E-state index contributed by atoms with van der Waals surface area (Å²) >= 11 is 0. The second-order valence-corrected chi connectivity index (χ2v) is 3.50. The second-order valence-electron chi connectivity index (χ2n) is 3.50. The molecule has 102 valence electrons. The highest BCUT2D eigenvalue weighted by atomic mass is 19.4. The van der Waals surface area contributed by atoms with Crippen molar-refractivity contribution in [2.75, 3.05) is 7.11 Å². The van der Waals surface area contributed by atoms with Crippen LogP contribution >= 0.6 is 0 Å². The van der Waals surface area contributed by atoms with Crippen molar-refractivity contribution in [2.24, 2.45) is 0 Å². The fourth-order valence-corrected chi connectivity index (χ4v) is 0.893. The van der Waals surface area contributed by atoms with Crippen LogP contribution in [0.25, 0.3) is 0 Å². The number of ether oxygens (including phenoxy) is 2. The Kier molecular flexibility index (Phi) is 5.61. The molecular formula is C11H13F3O4. The van der Waals surface area contributed by atoms with Crippen LogP contribution in [0, 0.1) is 0 Å². The molecule has 0 aliphatic heterocycles. The number of halogens is 3. The summed E-state index contributed by atoms with van der Waals surface area (Å²) in [5.41, 5.74) is -0.489. The second kappa shape index (κ2) is 6.23. The molecule has 0 aliphatic rings. The molecule has 0 N–H and O–H groups in total. The summed E-state index contributed by atoms with van der Waals surface area (Å²) in [4.78, 5) is 22.3. The van der Waals surface area contributed by atoms with Crippen molar-refractivity contribution in [1.29, 1.82) is 0 Å². The minimum Gasteiger partial charge on any atom is -0.466 e. The fraction of sp³-hybridized carbons (Fsp3) is 0.455. The summed E-state index contributed by atoms with van der Waals surface area (Å²) in [6.07, 6.45) is -6.15. The topological polar surface area (TPSA) is 52.6 Å². The zero-order chi connectivity index (χ0) is 14.5. The van der Waals surface area contributed by atoms with E-state index in [4.69, 9.17) is 0 Å². The highest BCUT2D eigenvalue weighted by Crippen LogP contribution is 2.27. The Morgan fingerprint density at radius 3 is 2.00 bits per heavy atom. The van der Waals surface area contributed by atoms with Gasteiger partial charge in [-0.2, -0.15) is 13.2 Å². The Bertz CT molecular complexity index is 394. The van der Waals surface area contributed by atoms with E-state index in [2.05, 4.69) is 16.1 Å². The molecule has 0 aromatic rings. The van der Waals surface area contributed by atoms with Gasteiger partial charge in [0.15, 0.2) is 0 Å². The molecule has 0 aromatic heterocycles. The van der Waals surface area contributed by atoms with Gasteiger partial charge < -0.3 is 9.47 Å². The molecule has 18 heavy (non-hydrogen) atoms. The van der Waals surface area contributed by atoms with Crippen LogP contribution in [-0.2, 0) is 19.1 Å². The molecule has 0 unspecified atom stereocenters. The Morgan fingerprint density at radius 1 is 1.17 bits per heavy atom. The predicted molar refractivity (Wildman–Crippen MR) is 56.3 cm³/mol. The van der Waals surface area contributed by atoms with E-state index in [1.807, 2.05) is 0 Å². The predicted octanol–water partition coefficient (Wildman–Crippen LogP) is 2.51. The SMILES string of the molecule is C=C(C)C(=O)OC(CC(F)(F)F)=C(C)C(=O)OC. The Labute approximate surface area is 102 Å². The number of hydrogen-bond donors (Lipinski definition) is 0. The first-order valence-corrected chi connectivity index (χ1v) is 4.81. The van der Waals surface area contributed by atoms with Crippen molar-refractivity contribution in [3.05, 3.63) is 23.5 Å². The van der Waals surface area contributed by atoms with E-state index in [9.17, 15) is 22.8 Å². The van der Waals surface area contributed by atoms with Gasteiger partial charge in [-0.25, -0.2) is 9.59 Å². The Balaban J connectivity index is 5.24. The number of hydrogen-bond acceptors (Lipinski definition) is 4. The Hall–Kier alpha value is -1.79. The molecule has 7 heteroatoms. The molecule has 0 fully saturated rings. The number of allylic oxidation sites excluding steroid dienone is 1. The Morgan fingerprint density at radius 2 is 1.67 bits per heavy atom. The quantitative estimate of drug-likeness (QED) is 0.445. The van der Waals surface area contributed by atoms with Crippen LogP contribution in [-0.4, -0.2) is 25.2 Å². The monoisotopic (exact) mass is 266 g/mol. The number of carbonyl (C=O) groups is 2. The molecule has 0 amide bonds. The first-order valence-electron chi connectivity index (χ1n) is 4.81. The lowest BCUT2D eigenvalue weighted by Crippen LogP contribution is -2.17. The molecule has 0 saturated heterocycles. The molecule has 4 nitrogen and oxygen atoms in total. The van der Waals surface area contributed by atoms with E-state index >= 15 is 0 Å². The van der Waals surface area contributed by atoms with Crippen LogP contribution in [0.1, 0.15) is 20.3 Å². The maximum atomic E-state index is 12.3. The summed E-state index contributed by atoms with van der Waals surface area (Å²) in [5.74, 6) is -2.82. The molecule has 0 aromatic carbocycles. The van der Waals surface area contributed by atoms with Gasteiger partial charge in [-0.05, 0) is 13.8 Å². The number of carbonyl (C=O) groups excluding carboxylic acids is 2. The molecule has 0 bridgehead atoms. The van der Waals surface area contributed by atoms with Gasteiger partial charge in [0.2, 0.25) is 0 Å². The molecule has 0 atom stereocenters. The van der Waals surface area contributed by atoms with E-state index < -0.39 is 35.9 Å². The van der Waals surface area contributed by atoms with Crippen molar-refractivity contribution < 1.29 is 32.2 Å². The largest absolute Gasteiger partial charge is 0.466 e. The van der Waals surface area contributed by atoms with Crippen LogP contribution in [0.15, 0.2) is 23.5 Å². The molecule has 0 spiro atoms. The highest BCUT2D eigenvalue weighted by molar-refractivity contribution is 5.91. The maximum absolute atomic E-state index is 12.3. The molecule has 0 aliphatic carbocycles. The van der Waals surface area contributed by atoms with Gasteiger partial charge in [0.05, 0.1) is 12.7 Å². The number of rotatable bonds is 4. The number of esters is 2. The van der Waals surface area contributed by atoms with Gasteiger partial charge in [-0.15, -0.1) is 0 Å². The zero-order valence-corrected chi connectivity index (χ0v) is 10.2. The first kappa shape index (κ1) is 16.2. The van der Waals surface area contributed by atoms with Gasteiger partial charge in [-0.1, -0.05) is 6.58 Å². The zero-order valence-electron chi connectivity index (χ0n) is 10.2. The summed E-state index contributed by atoms with van der Waals surface area (Å²) in [6, 6.07) is 0. The minimum absolute atomic E-state index is 0.0765. The third kappa shape index (κ3) is 5.51. The van der Waals surface area contributed by atoms with Gasteiger partial charge in [0.1, 0.15) is 12.2 Å². The van der Waals surface area contributed by atoms with E-state index in [1.54, 1.807) is 0 Å². The van der Waals surface area contributed by atoms with Gasteiger partial charge >= 0.3 is 18.1 Å². The van der Waals surface area contributed by atoms with E-state index in [0.29, 0.717) is 0 Å². The fourth-order valence-electron chi connectivity index (χ4n) is 0.893. The number of alkyl halides is 3. The van der Waals surface area contributed by atoms with Crippen LogP contribution in [0.4, 0.5) is 13.2 Å². The third-order valence-electron chi connectivity index (χ3n) is 1.84. The first-order chi connectivity index (χ1) is 8.08. The highest BCUT2D eigenvalue weighted by Gasteiger charge is 2.33. The van der Waals surface area contributed by atoms with Crippen LogP contribution in [0.2, 0.25) is 0 Å². The van der Waals surface area contributed by atoms with Crippen molar-refractivity contribution in [3.8, 4) is 0 Å². The molecule has 0 radical (unpaired) electrons. The van der Waals surface area contributed by atoms with Crippen LogP contribution < -0.4 is 0 Å². The van der Waals surface area contributed by atoms with Crippen molar-refractivity contribution in [1.82, 2.24) is 0 Å². The smallest absolute Gasteiger partial charge is 0.396 e. The summed E-state index contributed by atoms with van der Waals surface area (Å²) in [7, 11) is 1.01. The van der Waals surface area contributed by atoms with Crippen molar-refractivity contribution >= 4 is 11.9 Å². The third-order valence-corrected chi connectivity index (χ3v) is 1.84. The summed E-state index contributed by atoms with van der Waals surface area (Å²) in [6.45, 7) is 5.60. The van der Waals surface area contributed by atoms with Gasteiger partial charge in [0.25, 0.3) is 0 Å². The van der Waals surface area contributed by atoms with E-state index in [1.165, 1.54) is 6.92 Å². The maximum Gasteiger partial charge on any atom is 0.396 e. The minimum atomic E-state index is -4.61. The lowest BCUT2D eigenvalue weighted by Gasteiger charge is -2.13. The molecule has 0 heterocycles. The lowest BCUT2D eigenvalue weighted by molar-refractivity contribution is -0.146. The number of methoxy groups -OCH3 is 1. The van der Waals surface area contributed by atoms with E-state index in [0.717, 1.165) is 14.0 Å². The average Bonchev–Trinajstić information content (AvgIpc) is 2.23.